The van der Waals surface area contributed by atoms with Crippen LogP contribution in [-0.2, 0) is 10.8 Å². The number of hydrogen-bond donors (Lipinski definition) is 0. The molecule has 0 heteroatoms. The predicted molar refractivity (Wildman–Crippen MR) is 180 cm³/mol. The van der Waals surface area contributed by atoms with Crippen LogP contribution in [0.15, 0.2) is 199 Å². The summed E-state index contributed by atoms with van der Waals surface area (Å²) in [5.41, 5.74) is 11.7. The standard InChI is InChI=1S/C43H36/c1-35(34-43(39-26-14-5-15-27-39,40-28-16-6-17-29-40)41-30-18-7-19-31-41)32-33-42(36-20-8-2-9-21-36,37-22-10-3-11-23-37)38-24-12-4-13-25-38/h2-31,33H,34H2,1H3. The van der Waals surface area contributed by atoms with Gasteiger partial charge in [-0.3, -0.25) is 0 Å². The van der Waals surface area contributed by atoms with E-state index in [9.17, 15) is 0 Å². The summed E-state index contributed by atoms with van der Waals surface area (Å²) < 4.78 is 0. The van der Waals surface area contributed by atoms with Crippen molar-refractivity contribution in [1.29, 1.82) is 0 Å². The molecule has 6 aromatic rings. The molecule has 0 aliphatic heterocycles. The number of hydrogen-bond acceptors (Lipinski definition) is 0. The van der Waals surface area contributed by atoms with Crippen molar-refractivity contribution in [2.24, 2.45) is 0 Å². The molecule has 0 N–H and O–H groups in total. The van der Waals surface area contributed by atoms with Gasteiger partial charge in [-0.2, -0.15) is 0 Å². The van der Waals surface area contributed by atoms with Crippen LogP contribution in [0.3, 0.4) is 0 Å². The fourth-order valence-electron chi connectivity index (χ4n) is 6.51. The fraction of sp³-hybridized carbons (Fsp3) is 0.0930. The van der Waals surface area contributed by atoms with E-state index in [0.717, 1.165) is 6.42 Å². The SMILES string of the molecule is CC(=C=CC(c1ccccc1)(c1ccccc1)c1ccccc1)CC(c1ccccc1)(c1ccccc1)c1ccccc1. The first kappa shape index (κ1) is 28.0. The molecule has 6 aromatic carbocycles. The van der Waals surface area contributed by atoms with Crippen LogP contribution in [0.4, 0.5) is 0 Å². The molecule has 0 aliphatic rings. The zero-order valence-electron chi connectivity index (χ0n) is 24.6. The lowest BCUT2D eigenvalue weighted by molar-refractivity contribution is 0.609. The molecule has 6 rings (SSSR count). The van der Waals surface area contributed by atoms with E-state index in [1.54, 1.807) is 0 Å². The first-order valence-corrected chi connectivity index (χ1v) is 15.0. The molecule has 0 aliphatic carbocycles. The summed E-state index contributed by atoms with van der Waals surface area (Å²) in [4.78, 5) is 0. The smallest absolute Gasteiger partial charge is 0.0705 e. The average Bonchev–Trinajstić information content (AvgIpc) is 3.10. The van der Waals surface area contributed by atoms with Crippen LogP contribution in [0.5, 0.6) is 0 Å². The van der Waals surface area contributed by atoms with Crippen molar-refractivity contribution in [3.8, 4) is 0 Å². The van der Waals surface area contributed by atoms with Gasteiger partial charge in [0.1, 0.15) is 0 Å². The van der Waals surface area contributed by atoms with E-state index >= 15 is 0 Å². The second-order valence-electron chi connectivity index (χ2n) is 11.2. The summed E-state index contributed by atoms with van der Waals surface area (Å²) in [5.74, 6) is 0. The van der Waals surface area contributed by atoms with Gasteiger partial charge >= 0.3 is 0 Å². The average molecular weight is 553 g/mol. The van der Waals surface area contributed by atoms with E-state index in [0.29, 0.717) is 0 Å². The van der Waals surface area contributed by atoms with Crippen molar-refractivity contribution >= 4 is 0 Å². The van der Waals surface area contributed by atoms with Gasteiger partial charge in [0.2, 0.25) is 0 Å². The van der Waals surface area contributed by atoms with Crippen LogP contribution in [-0.4, -0.2) is 0 Å². The summed E-state index contributed by atoms with van der Waals surface area (Å²) in [7, 11) is 0. The van der Waals surface area contributed by atoms with Gasteiger partial charge in [-0.25, -0.2) is 0 Å². The topological polar surface area (TPSA) is 0 Å². The fourth-order valence-corrected chi connectivity index (χ4v) is 6.51. The Kier molecular flexibility index (Phi) is 8.32. The highest BCUT2D eigenvalue weighted by Crippen LogP contribution is 2.45. The molecule has 0 atom stereocenters. The quantitative estimate of drug-likeness (QED) is 0.124. The van der Waals surface area contributed by atoms with Crippen molar-refractivity contribution in [3.63, 3.8) is 0 Å². The Morgan fingerprint density at radius 1 is 0.419 bits per heavy atom. The third kappa shape index (κ3) is 5.54. The van der Waals surface area contributed by atoms with E-state index in [1.165, 1.54) is 39.0 Å². The molecule has 0 heterocycles. The Balaban J connectivity index is 1.60. The third-order valence-electron chi connectivity index (χ3n) is 8.55. The number of benzene rings is 6. The maximum Gasteiger partial charge on any atom is 0.0705 e. The first-order chi connectivity index (χ1) is 21.2. The van der Waals surface area contributed by atoms with Crippen molar-refractivity contribution in [1.82, 2.24) is 0 Å². The van der Waals surface area contributed by atoms with Crippen molar-refractivity contribution in [2.45, 2.75) is 24.2 Å². The molecule has 0 amide bonds. The molecular formula is C43H36. The zero-order chi connectivity index (χ0) is 29.4. The molecule has 0 aromatic heterocycles. The van der Waals surface area contributed by atoms with Crippen molar-refractivity contribution < 1.29 is 0 Å². The molecule has 43 heavy (non-hydrogen) atoms. The van der Waals surface area contributed by atoms with Gasteiger partial charge in [-0.05, 0) is 58.4 Å². The molecule has 0 saturated carbocycles. The zero-order valence-corrected chi connectivity index (χ0v) is 24.6. The number of allylic oxidation sites excluding steroid dienone is 1. The van der Waals surface area contributed by atoms with Gasteiger partial charge in [0, 0.05) is 5.41 Å². The largest absolute Gasteiger partial charge is 0.125 e. The van der Waals surface area contributed by atoms with E-state index in [4.69, 9.17) is 0 Å². The molecule has 0 bridgehead atoms. The summed E-state index contributed by atoms with van der Waals surface area (Å²) >= 11 is 0. The van der Waals surface area contributed by atoms with Crippen LogP contribution in [0.2, 0.25) is 0 Å². The second-order valence-corrected chi connectivity index (χ2v) is 11.2. The summed E-state index contributed by atoms with van der Waals surface area (Å²) in [6, 6.07) is 65.2. The van der Waals surface area contributed by atoms with Gasteiger partial charge in [0.25, 0.3) is 0 Å². The van der Waals surface area contributed by atoms with Crippen molar-refractivity contribution in [3.05, 3.63) is 233 Å². The van der Waals surface area contributed by atoms with E-state index < -0.39 is 5.41 Å². The van der Waals surface area contributed by atoms with Gasteiger partial charge in [0.05, 0.1) is 5.41 Å². The lowest BCUT2D eigenvalue weighted by atomic mass is 9.66. The van der Waals surface area contributed by atoms with Gasteiger partial charge in [0.15, 0.2) is 0 Å². The molecule has 0 unspecified atom stereocenters. The summed E-state index contributed by atoms with van der Waals surface area (Å²) in [6.07, 6.45) is 3.09. The van der Waals surface area contributed by atoms with E-state index in [2.05, 4.69) is 201 Å². The highest BCUT2D eigenvalue weighted by Gasteiger charge is 2.37. The minimum Gasteiger partial charge on any atom is -0.125 e. The molecular weight excluding hydrogens is 516 g/mol. The highest BCUT2D eigenvalue weighted by molar-refractivity contribution is 5.56. The lowest BCUT2D eigenvalue weighted by Gasteiger charge is -2.36. The highest BCUT2D eigenvalue weighted by atomic mass is 14.4. The van der Waals surface area contributed by atoms with E-state index in [1.807, 2.05) is 0 Å². The first-order valence-electron chi connectivity index (χ1n) is 15.0. The monoisotopic (exact) mass is 552 g/mol. The molecule has 0 spiro atoms. The van der Waals surface area contributed by atoms with Crippen LogP contribution in [0.25, 0.3) is 0 Å². The maximum absolute atomic E-state index is 3.88. The van der Waals surface area contributed by atoms with Gasteiger partial charge < -0.3 is 0 Å². The second kappa shape index (κ2) is 12.8. The van der Waals surface area contributed by atoms with Crippen LogP contribution < -0.4 is 0 Å². The molecule has 0 radical (unpaired) electrons. The number of rotatable bonds is 9. The van der Waals surface area contributed by atoms with Crippen LogP contribution in [0.1, 0.15) is 46.7 Å². The molecule has 0 nitrogen and oxygen atoms in total. The Labute approximate surface area is 256 Å². The minimum absolute atomic E-state index is 0.371. The van der Waals surface area contributed by atoms with Gasteiger partial charge in [-0.15, -0.1) is 5.73 Å². The van der Waals surface area contributed by atoms with Gasteiger partial charge in [-0.1, -0.05) is 182 Å². The third-order valence-corrected chi connectivity index (χ3v) is 8.55. The van der Waals surface area contributed by atoms with Crippen LogP contribution >= 0.6 is 0 Å². The Morgan fingerprint density at radius 3 is 0.953 bits per heavy atom. The van der Waals surface area contributed by atoms with Crippen LogP contribution in [0, 0.1) is 0 Å². The lowest BCUT2D eigenvalue weighted by Crippen LogP contribution is -2.30. The summed E-state index contributed by atoms with van der Waals surface area (Å²) in [6.45, 7) is 2.23. The Morgan fingerprint density at radius 2 is 0.674 bits per heavy atom. The molecule has 0 fully saturated rings. The minimum atomic E-state index is -0.500. The predicted octanol–water partition coefficient (Wildman–Crippen LogP) is 10.5. The summed E-state index contributed by atoms with van der Waals surface area (Å²) in [5, 5.41) is 0. The molecule has 208 valence electrons. The maximum atomic E-state index is 3.88. The Hall–Kier alpha value is -5.16. The van der Waals surface area contributed by atoms with Crippen molar-refractivity contribution in [2.75, 3.05) is 0 Å². The van der Waals surface area contributed by atoms with E-state index in [-0.39, 0.29) is 5.41 Å². The molecule has 0 saturated heterocycles. The normalized spacial score (nSPS) is 11.4. The Bertz CT molecular complexity index is 1590.